The van der Waals surface area contributed by atoms with Crippen LogP contribution in [0.25, 0.3) is 11.3 Å². The number of aliphatic hydroxyl groups is 4. The molecule has 8 nitrogen and oxygen atoms in total. The molecule has 2 aliphatic rings. The third-order valence-electron chi connectivity index (χ3n) is 5.71. The number of hydrogen-bond acceptors (Lipinski definition) is 8. The number of nitrogens with zero attached hydrogens (tertiary/aromatic N) is 2. The Hall–Kier alpha value is -2.06. The van der Waals surface area contributed by atoms with E-state index >= 15 is 0 Å². The SMILES string of the molecule is N#Cc1c(-c2ccco2)c2c(n([C@H]3O[C@@H](CO)[C@@H](O)[C@@H](O)[C@@H]3O)c1=S)CCCC2. The minimum absolute atomic E-state index is 0.156. The van der Waals surface area contributed by atoms with Gasteiger partial charge in [0.2, 0.25) is 0 Å². The third kappa shape index (κ3) is 3.22. The Morgan fingerprint density at radius 2 is 1.93 bits per heavy atom. The molecular formula is C20H22N2O6S. The van der Waals surface area contributed by atoms with Gasteiger partial charge >= 0.3 is 0 Å². The summed E-state index contributed by atoms with van der Waals surface area (Å²) in [5.41, 5.74) is 2.58. The van der Waals surface area contributed by atoms with Gasteiger partial charge in [-0.15, -0.1) is 0 Å². The van der Waals surface area contributed by atoms with Gasteiger partial charge in [0.05, 0.1) is 18.4 Å². The second-order valence-electron chi connectivity index (χ2n) is 7.37. The van der Waals surface area contributed by atoms with Gasteiger partial charge in [-0.1, -0.05) is 12.2 Å². The van der Waals surface area contributed by atoms with Crippen molar-refractivity contribution in [2.45, 2.75) is 56.3 Å². The van der Waals surface area contributed by atoms with Crippen molar-refractivity contribution in [1.29, 1.82) is 5.26 Å². The normalized spacial score (nSPS) is 29.3. The first-order valence-corrected chi connectivity index (χ1v) is 9.95. The Morgan fingerprint density at radius 1 is 1.17 bits per heavy atom. The second kappa shape index (κ2) is 7.99. The molecule has 1 saturated heterocycles. The molecule has 0 aromatic carbocycles. The van der Waals surface area contributed by atoms with Gasteiger partial charge < -0.3 is 34.1 Å². The zero-order valence-corrected chi connectivity index (χ0v) is 16.4. The fraction of sp³-hybridized carbons (Fsp3) is 0.500. The Balaban J connectivity index is 1.96. The minimum Gasteiger partial charge on any atom is -0.464 e. The molecular weight excluding hydrogens is 396 g/mol. The summed E-state index contributed by atoms with van der Waals surface area (Å²) in [5.74, 6) is 0.548. The number of fused-ring (bicyclic) bond motifs is 1. The number of rotatable bonds is 3. The van der Waals surface area contributed by atoms with Crippen molar-refractivity contribution < 1.29 is 29.6 Å². The Labute approximate surface area is 172 Å². The summed E-state index contributed by atoms with van der Waals surface area (Å²) >= 11 is 5.62. The molecule has 0 saturated carbocycles. The molecule has 5 atom stereocenters. The van der Waals surface area contributed by atoms with Crippen LogP contribution in [0, 0.1) is 16.0 Å². The summed E-state index contributed by atoms with van der Waals surface area (Å²) in [4.78, 5) is 0. The van der Waals surface area contributed by atoms with Crippen LogP contribution in [0.3, 0.4) is 0 Å². The van der Waals surface area contributed by atoms with Crippen molar-refractivity contribution in [2.75, 3.05) is 6.61 Å². The van der Waals surface area contributed by atoms with Gasteiger partial charge in [0.15, 0.2) is 6.23 Å². The van der Waals surface area contributed by atoms with E-state index in [1.807, 2.05) is 0 Å². The van der Waals surface area contributed by atoms with Crippen molar-refractivity contribution in [3.8, 4) is 17.4 Å². The summed E-state index contributed by atoms with van der Waals surface area (Å²) in [6.45, 7) is -0.535. The maximum absolute atomic E-state index is 10.6. The first kappa shape index (κ1) is 20.2. The quantitative estimate of drug-likeness (QED) is 0.547. The van der Waals surface area contributed by atoms with Crippen LogP contribution in [0.2, 0.25) is 0 Å². The van der Waals surface area contributed by atoms with Crippen LogP contribution in [-0.4, -0.2) is 56.0 Å². The van der Waals surface area contributed by atoms with Gasteiger partial charge in [0, 0.05) is 11.3 Å². The smallest absolute Gasteiger partial charge is 0.164 e. The summed E-state index contributed by atoms with van der Waals surface area (Å²) in [7, 11) is 0. The minimum atomic E-state index is -1.53. The molecule has 0 amide bonds. The van der Waals surface area contributed by atoms with E-state index in [1.54, 1.807) is 16.7 Å². The van der Waals surface area contributed by atoms with E-state index in [0.29, 0.717) is 24.2 Å². The number of pyridine rings is 1. The Morgan fingerprint density at radius 3 is 2.59 bits per heavy atom. The lowest BCUT2D eigenvalue weighted by Crippen LogP contribution is -2.57. The van der Waals surface area contributed by atoms with Crippen LogP contribution in [0.5, 0.6) is 0 Å². The first-order valence-electron chi connectivity index (χ1n) is 9.54. The molecule has 4 N–H and O–H groups in total. The highest BCUT2D eigenvalue weighted by Crippen LogP contribution is 2.39. The Bertz CT molecular complexity index is 994. The average Bonchev–Trinajstić information content (AvgIpc) is 3.26. The zero-order chi connectivity index (χ0) is 20.7. The van der Waals surface area contributed by atoms with Crippen molar-refractivity contribution in [2.24, 2.45) is 0 Å². The molecule has 2 aromatic rings. The molecule has 1 aliphatic carbocycles. The molecule has 3 heterocycles. The lowest BCUT2D eigenvalue weighted by Gasteiger charge is -2.42. The molecule has 1 fully saturated rings. The van der Waals surface area contributed by atoms with E-state index in [0.717, 1.165) is 24.1 Å². The van der Waals surface area contributed by atoms with Crippen molar-refractivity contribution >= 4 is 12.2 Å². The largest absolute Gasteiger partial charge is 0.464 e. The van der Waals surface area contributed by atoms with Crippen LogP contribution in [0.15, 0.2) is 22.8 Å². The van der Waals surface area contributed by atoms with Gasteiger partial charge in [-0.3, -0.25) is 0 Å². The summed E-state index contributed by atoms with van der Waals surface area (Å²) in [6.07, 6.45) is -1.96. The molecule has 29 heavy (non-hydrogen) atoms. The molecule has 9 heteroatoms. The molecule has 154 valence electrons. The maximum atomic E-state index is 10.6. The van der Waals surface area contributed by atoms with Gasteiger partial charge in [-0.2, -0.15) is 5.26 Å². The molecule has 0 radical (unpaired) electrons. The number of aromatic nitrogens is 1. The van der Waals surface area contributed by atoms with Gasteiger partial charge in [-0.05, 0) is 43.4 Å². The third-order valence-corrected chi connectivity index (χ3v) is 6.12. The highest BCUT2D eigenvalue weighted by molar-refractivity contribution is 7.71. The van der Waals surface area contributed by atoms with E-state index in [9.17, 15) is 25.7 Å². The van der Waals surface area contributed by atoms with E-state index in [-0.39, 0.29) is 10.2 Å². The van der Waals surface area contributed by atoms with Crippen LogP contribution in [0.1, 0.15) is 35.9 Å². The number of hydrogen-bond donors (Lipinski definition) is 4. The monoisotopic (exact) mass is 418 g/mol. The summed E-state index contributed by atoms with van der Waals surface area (Å²) < 4.78 is 13.0. The molecule has 0 unspecified atom stereocenters. The predicted molar refractivity (Wildman–Crippen MR) is 103 cm³/mol. The molecule has 0 spiro atoms. The standard InChI is InChI=1S/C20H22N2O6S/c21-8-11-15(13-6-3-7-27-13)10-4-1-2-5-12(10)22(20(11)29)19-18(26)17(25)16(24)14(9-23)28-19/h3,6-7,14,16-19,23-26H,1-2,4-5,9H2/t14-,16+,17+,18-,19-/m0/s1. The van der Waals surface area contributed by atoms with E-state index in [4.69, 9.17) is 21.4 Å². The predicted octanol–water partition coefficient (Wildman–Crippen LogP) is 1.20. The highest BCUT2D eigenvalue weighted by atomic mass is 32.1. The van der Waals surface area contributed by atoms with Crippen molar-refractivity contribution in [3.05, 3.63) is 39.9 Å². The lowest BCUT2D eigenvalue weighted by molar-refractivity contribution is -0.252. The summed E-state index contributed by atoms with van der Waals surface area (Å²) in [6, 6.07) is 5.68. The van der Waals surface area contributed by atoms with E-state index < -0.39 is 37.3 Å². The molecule has 2 aromatic heterocycles. The average molecular weight is 418 g/mol. The number of aliphatic hydroxyl groups excluding tert-OH is 4. The van der Waals surface area contributed by atoms with E-state index in [2.05, 4.69) is 6.07 Å². The molecule has 0 bridgehead atoms. The van der Waals surface area contributed by atoms with Gasteiger partial charge in [-0.25, -0.2) is 0 Å². The van der Waals surface area contributed by atoms with Crippen LogP contribution < -0.4 is 0 Å². The van der Waals surface area contributed by atoms with E-state index in [1.165, 1.54) is 6.26 Å². The number of furan rings is 1. The zero-order valence-electron chi connectivity index (χ0n) is 15.6. The number of ether oxygens (including phenoxy) is 1. The molecule has 1 aliphatic heterocycles. The fourth-order valence-electron chi connectivity index (χ4n) is 4.29. The molecule has 4 rings (SSSR count). The number of nitriles is 1. The lowest BCUT2D eigenvalue weighted by atomic mass is 9.88. The first-order chi connectivity index (χ1) is 14.0. The Kier molecular flexibility index (Phi) is 5.57. The fourth-order valence-corrected chi connectivity index (χ4v) is 4.65. The van der Waals surface area contributed by atoms with Crippen molar-refractivity contribution in [1.82, 2.24) is 4.57 Å². The topological polar surface area (TPSA) is 132 Å². The highest BCUT2D eigenvalue weighted by Gasteiger charge is 2.45. The van der Waals surface area contributed by atoms with Crippen LogP contribution >= 0.6 is 12.2 Å². The van der Waals surface area contributed by atoms with Crippen LogP contribution in [-0.2, 0) is 17.6 Å². The van der Waals surface area contributed by atoms with Gasteiger partial charge in [0.1, 0.15) is 40.9 Å². The maximum Gasteiger partial charge on any atom is 0.164 e. The summed E-state index contributed by atoms with van der Waals surface area (Å²) in [5, 5.41) is 50.4. The van der Waals surface area contributed by atoms with Crippen molar-refractivity contribution in [3.63, 3.8) is 0 Å². The van der Waals surface area contributed by atoms with Gasteiger partial charge in [0.25, 0.3) is 0 Å². The van der Waals surface area contributed by atoms with Crippen LogP contribution in [0.4, 0.5) is 0 Å². The second-order valence-corrected chi connectivity index (χ2v) is 7.75.